The Bertz CT molecular complexity index is 637. The van der Waals surface area contributed by atoms with E-state index >= 15 is 0 Å². The highest BCUT2D eigenvalue weighted by Gasteiger charge is 2.39. The minimum absolute atomic E-state index is 0.171. The lowest BCUT2D eigenvalue weighted by atomic mass is 10.1. The maximum Gasteiger partial charge on any atom is 0.436 e. The molecule has 18 heavy (non-hydrogen) atoms. The Morgan fingerprint density at radius 1 is 1.22 bits per heavy atom. The molecule has 0 saturated carbocycles. The molecule has 1 N–H and O–H groups in total. The lowest BCUT2D eigenvalue weighted by molar-refractivity contribution is -0.143. The summed E-state index contributed by atoms with van der Waals surface area (Å²) in [4.78, 5) is 14.0. The average Bonchev–Trinajstić information content (AvgIpc) is 2.26. The largest absolute Gasteiger partial charge is 0.478 e. The zero-order valence-electron chi connectivity index (χ0n) is 8.62. The summed E-state index contributed by atoms with van der Waals surface area (Å²) in [5.41, 5.74) is -3.06. The fourth-order valence-corrected chi connectivity index (χ4v) is 1.59. The van der Waals surface area contributed by atoms with Gasteiger partial charge in [0, 0.05) is 5.39 Å². The first kappa shape index (κ1) is 12.3. The molecule has 0 radical (unpaired) electrons. The van der Waals surface area contributed by atoms with E-state index in [1.54, 1.807) is 0 Å². The van der Waals surface area contributed by atoms with Gasteiger partial charge in [-0.3, -0.25) is 0 Å². The van der Waals surface area contributed by atoms with Crippen molar-refractivity contribution in [1.82, 2.24) is 4.98 Å². The third-order valence-electron chi connectivity index (χ3n) is 2.32. The number of carboxylic acids is 1. The standard InChI is InChI=1S/C11H5F4NO2/c12-8-7(10(17)18)5-3-1-2-4-6(5)16-9(8)11(13,14)15/h1-4H,(H,17,18). The van der Waals surface area contributed by atoms with Crippen molar-refractivity contribution in [3.05, 3.63) is 41.3 Å². The van der Waals surface area contributed by atoms with Crippen LogP contribution >= 0.6 is 0 Å². The fraction of sp³-hybridized carbons (Fsp3) is 0.0909. The molecule has 0 spiro atoms. The highest BCUT2D eigenvalue weighted by Crippen LogP contribution is 2.33. The number of hydrogen-bond donors (Lipinski definition) is 1. The first-order valence-electron chi connectivity index (χ1n) is 4.71. The van der Waals surface area contributed by atoms with Crippen LogP contribution < -0.4 is 0 Å². The summed E-state index contributed by atoms with van der Waals surface area (Å²) in [6.45, 7) is 0. The number of carboxylic acid groups (broad SMARTS) is 1. The molecule has 0 aliphatic heterocycles. The van der Waals surface area contributed by atoms with Crippen molar-refractivity contribution in [3.8, 4) is 0 Å². The summed E-state index contributed by atoms with van der Waals surface area (Å²) in [6, 6.07) is 5.17. The third-order valence-corrected chi connectivity index (χ3v) is 2.32. The minimum atomic E-state index is -5.04. The number of rotatable bonds is 1. The van der Waals surface area contributed by atoms with E-state index in [9.17, 15) is 22.4 Å². The molecule has 0 aliphatic rings. The number of pyridine rings is 1. The first-order valence-corrected chi connectivity index (χ1v) is 4.71. The molecule has 1 aromatic carbocycles. The Labute approximate surface area is 97.7 Å². The number of aromatic carboxylic acids is 1. The highest BCUT2D eigenvalue weighted by atomic mass is 19.4. The molecule has 0 bridgehead atoms. The molecule has 2 rings (SSSR count). The van der Waals surface area contributed by atoms with Crippen LogP contribution in [0.15, 0.2) is 24.3 Å². The van der Waals surface area contributed by atoms with Gasteiger partial charge in [0.25, 0.3) is 0 Å². The molecular formula is C11H5F4NO2. The molecule has 0 saturated heterocycles. The van der Waals surface area contributed by atoms with Crippen LogP contribution in [-0.4, -0.2) is 16.1 Å². The smallest absolute Gasteiger partial charge is 0.436 e. The van der Waals surface area contributed by atoms with Gasteiger partial charge in [-0.05, 0) is 6.07 Å². The lowest BCUT2D eigenvalue weighted by Gasteiger charge is -2.11. The summed E-state index contributed by atoms with van der Waals surface area (Å²) in [5, 5.41) is 8.65. The lowest BCUT2D eigenvalue weighted by Crippen LogP contribution is -2.15. The van der Waals surface area contributed by atoms with Gasteiger partial charge in [-0.15, -0.1) is 0 Å². The van der Waals surface area contributed by atoms with Crippen LogP contribution in [0.5, 0.6) is 0 Å². The number of fused-ring (bicyclic) bond motifs is 1. The maximum atomic E-state index is 13.6. The van der Waals surface area contributed by atoms with Gasteiger partial charge in [0.1, 0.15) is 5.56 Å². The van der Waals surface area contributed by atoms with Crippen LogP contribution in [0.3, 0.4) is 0 Å². The van der Waals surface area contributed by atoms with Gasteiger partial charge in [0.2, 0.25) is 0 Å². The molecule has 0 aliphatic carbocycles. The Balaban J connectivity index is 2.93. The fourth-order valence-electron chi connectivity index (χ4n) is 1.59. The molecular weight excluding hydrogens is 254 g/mol. The number of benzene rings is 1. The van der Waals surface area contributed by atoms with Crippen molar-refractivity contribution in [1.29, 1.82) is 0 Å². The average molecular weight is 259 g/mol. The number of halogens is 4. The van der Waals surface area contributed by atoms with Gasteiger partial charge in [0.05, 0.1) is 5.52 Å². The zero-order chi connectivity index (χ0) is 13.5. The number of hydrogen-bond acceptors (Lipinski definition) is 2. The number of nitrogens with zero attached hydrogens (tertiary/aromatic N) is 1. The second-order valence-electron chi connectivity index (χ2n) is 3.47. The Kier molecular flexibility index (Phi) is 2.68. The van der Waals surface area contributed by atoms with E-state index in [2.05, 4.69) is 4.98 Å². The molecule has 0 atom stereocenters. The van der Waals surface area contributed by atoms with Gasteiger partial charge >= 0.3 is 12.1 Å². The Morgan fingerprint density at radius 3 is 2.39 bits per heavy atom. The van der Waals surface area contributed by atoms with E-state index in [1.165, 1.54) is 24.3 Å². The topological polar surface area (TPSA) is 50.2 Å². The van der Waals surface area contributed by atoms with Crippen molar-refractivity contribution in [2.75, 3.05) is 0 Å². The van der Waals surface area contributed by atoms with Crippen molar-refractivity contribution in [2.24, 2.45) is 0 Å². The van der Waals surface area contributed by atoms with Gasteiger partial charge in [-0.1, -0.05) is 18.2 Å². The molecule has 0 unspecified atom stereocenters. The summed E-state index contributed by atoms with van der Waals surface area (Å²) < 4.78 is 51.2. The van der Waals surface area contributed by atoms with Crippen LogP contribution in [0.1, 0.15) is 16.1 Å². The Morgan fingerprint density at radius 2 is 1.83 bits per heavy atom. The van der Waals surface area contributed by atoms with Gasteiger partial charge < -0.3 is 5.11 Å². The van der Waals surface area contributed by atoms with Crippen LogP contribution in [0.2, 0.25) is 0 Å². The van der Waals surface area contributed by atoms with Crippen molar-refractivity contribution in [2.45, 2.75) is 6.18 Å². The number of para-hydroxylation sites is 1. The van der Waals surface area contributed by atoms with Crippen LogP contribution in [-0.2, 0) is 6.18 Å². The SMILES string of the molecule is O=C(O)c1c(F)c(C(F)(F)F)nc2ccccc12. The van der Waals surface area contributed by atoms with Crippen LogP contribution in [0, 0.1) is 5.82 Å². The summed E-state index contributed by atoms with van der Waals surface area (Å²) in [5.74, 6) is -3.63. The van der Waals surface area contributed by atoms with Crippen molar-refractivity contribution >= 4 is 16.9 Å². The Hall–Kier alpha value is -2.18. The second kappa shape index (κ2) is 3.94. The summed E-state index contributed by atoms with van der Waals surface area (Å²) >= 11 is 0. The van der Waals surface area contributed by atoms with E-state index in [-0.39, 0.29) is 10.9 Å². The zero-order valence-corrected chi connectivity index (χ0v) is 8.62. The summed E-state index contributed by atoms with van der Waals surface area (Å²) in [6.07, 6.45) is -5.04. The molecule has 0 fully saturated rings. The van der Waals surface area contributed by atoms with Gasteiger partial charge in [-0.25, -0.2) is 14.2 Å². The molecule has 0 amide bonds. The quantitative estimate of drug-likeness (QED) is 0.800. The number of alkyl halides is 3. The van der Waals surface area contributed by atoms with Crippen molar-refractivity contribution in [3.63, 3.8) is 0 Å². The summed E-state index contributed by atoms with van der Waals surface area (Å²) in [7, 11) is 0. The third kappa shape index (κ3) is 1.87. The van der Waals surface area contributed by atoms with E-state index in [1.807, 2.05) is 0 Å². The van der Waals surface area contributed by atoms with E-state index < -0.39 is 29.2 Å². The monoisotopic (exact) mass is 259 g/mol. The van der Waals surface area contributed by atoms with E-state index in [0.717, 1.165) is 0 Å². The predicted molar refractivity (Wildman–Crippen MR) is 53.7 cm³/mol. The van der Waals surface area contributed by atoms with Crippen molar-refractivity contribution < 1.29 is 27.5 Å². The van der Waals surface area contributed by atoms with Crippen LogP contribution in [0.25, 0.3) is 10.9 Å². The van der Waals surface area contributed by atoms with E-state index in [0.29, 0.717) is 0 Å². The number of carbonyl (C=O) groups is 1. The molecule has 94 valence electrons. The molecule has 1 heterocycles. The number of aromatic nitrogens is 1. The maximum absolute atomic E-state index is 13.6. The molecule has 7 heteroatoms. The van der Waals surface area contributed by atoms with Gasteiger partial charge in [-0.2, -0.15) is 13.2 Å². The normalized spacial score (nSPS) is 11.8. The molecule has 1 aromatic heterocycles. The van der Waals surface area contributed by atoms with Gasteiger partial charge in [0.15, 0.2) is 11.5 Å². The molecule has 3 nitrogen and oxygen atoms in total. The molecule has 2 aromatic rings. The first-order chi connectivity index (χ1) is 8.32. The van der Waals surface area contributed by atoms with Crippen LogP contribution in [0.4, 0.5) is 17.6 Å². The minimum Gasteiger partial charge on any atom is -0.478 e. The van der Waals surface area contributed by atoms with E-state index in [4.69, 9.17) is 5.11 Å². The predicted octanol–water partition coefficient (Wildman–Crippen LogP) is 3.09. The highest BCUT2D eigenvalue weighted by molar-refractivity contribution is 6.02. The second-order valence-corrected chi connectivity index (χ2v) is 3.47.